The summed E-state index contributed by atoms with van der Waals surface area (Å²) in [5, 5.41) is 2.89. The highest BCUT2D eigenvalue weighted by atomic mass is 32.1. The van der Waals surface area contributed by atoms with Crippen LogP contribution in [-0.2, 0) is 11.8 Å². The van der Waals surface area contributed by atoms with Gasteiger partial charge in [-0.1, -0.05) is 18.2 Å². The van der Waals surface area contributed by atoms with Gasteiger partial charge in [0.05, 0.1) is 11.4 Å². The minimum atomic E-state index is -0.476. The van der Waals surface area contributed by atoms with Crippen molar-refractivity contribution in [3.05, 3.63) is 76.2 Å². The molecular formula is C22H23N5O4S. The largest absolute Gasteiger partial charge is 0.484 e. The van der Waals surface area contributed by atoms with Gasteiger partial charge in [-0.25, -0.2) is 4.68 Å². The van der Waals surface area contributed by atoms with E-state index in [4.69, 9.17) is 17.0 Å². The second-order valence-electron chi connectivity index (χ2n) is 6.93. The number of rotatable bonds is 6. The van der Waals surface area contributed by atoms with Crippen molar-refractivity contribution >= 4 is 34.7 Å². The smallest absolute Gasteiger partial charge is 0.295 e. The molecule has 0 aliphatic heterocycles. The van der Waals surface area contributed by atoms with Crippen molar-refractivity contribution in [3.8, 4) is 11.4 Å². The molecule has 3 rings (SSSR count). The monoisotopic (exact) mass is 453 g/mol. The number of thiocarbonyl (C=S) groups is 1. The number of benzene rings is 2. The highest BCUT2D eigenvalue weighted by Crippen LogP contribution is 2.14. The molecule has 2 aromatic carbocycles. The van der Waals surface area contributed by atoms with E-state index in [9.17, 15) is 14.4 Å². The van der Waals surface area contributed by atoms with Gasteiger partial charge in [-0.15, -0.1) is 0 Å². The van der Waals surface area contributed by atoms with Crippen molar-refractivity contribution in [2.45, 2.75) is 13.8 Å². The van der Waals surface area contributed by atoms with Crippen LogP contribution in [0.4, 0.5) is 5.69 Å². The zero-order valence-electron chi connectivity index (χ0n) is 17.8. The van der Waals surface area contributed by atoms with E-state index < -0.39 is 5.91 Å². The summed E-state index contributed by atoms with van der Waals surface area (Å²) in [6, 6.07) is 15.7. The van der Waals surface area contributed by atoms with Gasteiger partial charge in [0.25, 0.3) is 11.5 Å². The number of ether oxygens (including phenoxy) is 1. The molecule has 10 heteroatoms. The quantitative estimate of drug-likeness (QED) is 0.298. The molecule has 1 amide bonds. The molecule has 0 bridgehead atoms. The number of ketones is 1. The minimum absolute atomic E-state index is 0.0511. The number of carbonyl (C=O) groups is 2. The fourth-order valence-electron chi connectivity index (χ4n) is 2.95. The number of Topliss-reactive ketones (excluding diaryl/α,β-unsaturated/α-hetero) is 1. The van der Waals surface area contributed by atoms with Crippen molar-refractivity contribution in [3.63, 3.8) is 0 Å². The Labute approximate surface area is 189 Å². The van der Waals surface area contributed by atoms with Gasteiger partial charge in [0.15, 0.2) is 17.5 Å². The summed E-state index contributed by atoms with van der Waals surface area (Å²) < 4.78 is 8.61. The number of para-hydroxylation sites is 1. The van der Waals surface area contributed by atoms with Crippen molar-refractivity contribution in [2.24, 2.45) is 7.05 Å². The molecule has 3 N–H and O–H groups in total. The number of hydrazine groups is 1. The van der Waals surface area contributed by atoms with E-state index in [2.05, 4.69) is 16.2 Å². The van der Waals surface area contributed by atoms with Gasteiger partial charge in [0, 0.05) is 12.6 Å². The molecule has 0 aliphatic carbocycles. The fraction of sp³-hybridized carbons (Fsp3) is 0.182. The van der Waals surface area contributed by atoms with Crippen molar-refractivity contribution in [1.29, 1.82) is 0 Å². The van der Waals surface area contributed by atoms with Crippen LogP contribution in [0.3, 0.4) is 0 Å². The lowest BCUT2D eigenvalue weighted by Crippen LogP contribution is -2.46. The Kier molecular flexibility index (Phi) is 7.06. The zero-order valence-corrected chi connectivity index (χ0v) is 18.7. The summed E-state index contributed by atoms with van der Waals surface area (Å²) in [6.45, 7) is 3.00. The van der Waals surface area contributed by atoms with E-state index in [-0.39, 0.29) is 23.1 Å². The van der Waals surface area contributed by atoms with Crippen molar-refractivity contribution < 1.29 is 14.3 Å². The van der Waals surface area contributed by atoms with Gasteiger partial charge < -0.3 is 10.1 Å². The fourth-order valence-corrected chi connectivity index (χ4v) is 3.11. The second-order valence-corrected chi connectivity index (χ2v) is 7.34. The van der Waals surface area contributed by atoms with Crippen molar-refractivity contribution in [1.82, 2.24) is 20.2 Å². The molecule has 166 valence electrons. The van der Waals surface area contributed by atoms with Gasteiger partial charge >= 0.3 is 0 Å². The van der Waals surface area contributed by atoms with E-state index in [0.29, 0.717) is 22.7 Å². The summed E-state index contributed by atoms with van der Waals surface area (Å²) in [5.41, 5.74) is 6.93. The first-order valence-corrected chi connectivity index (χ1v) is 10.1. The Morgan fingerprint density at radius 3 is 2.31 bits per heavy atom. The van der Waals surface area contributed by atoms with E-state index in [1.165, 1.54) is 11.6 Å². The SMILES string of the molecule is CC(=O)c1ccc(OCC(=O)NNC(=S)Nc2c(C)n(C)n(-c3ccccc3)c2=O)cc1. The highest BCUT2D eigenvalue weighted by Gasteiger charge is 2.17. The Balaban J connectivity index is 1.55. The van der Waals surface area contributed by atoms with Crippen LogP contribution in [-0.4, -0.2) is 32.8 Å². The second kappa shape index (κ2) is 9.92. The molecular weight excluding hydrogens is 430 g/mol. The third-order valence-electron chi connectivity index (χ3n) is 4.74. The van der Waals surface area contributed by atoms with Gasteiger partial charge in [0.1, 0.15) is 11.4 Å². The lowest BCUT2D eigenvalue weighted by atomic mass is 10.1. The first-order valence-electron chi connectivity index (χ1n) is 9.71. The number of hydrogen-bond acceptors (Lipinski definition) is 5. The standard InChI is InChI=1S/C22H23N5O4S/c1-14-20(21(30)27(26(14)3)17-7-5-4-6-8-17)23-22(32)25-24-19(29)13-31-18-11-9-16(10-12-18)15(2)28/h4-12H,13H2,1-3H3,(H,24,29)(H2,23,25,32). The van der Waals surface area contributed by atoms with Crippen LogP contribution in [0.1, 0.15) is 23.0 Å². The maximum Gasteiger partial charge on any atom is 0.295 e. The van der Waals surface area contributed by atoms with Crippen molar-refractivity contribution in [2.75, 3.05) is 11.9 Å². The van der Waals surface area contributed by atoms with E-state index in [0.717, 1.165) is 5.69 Å². The van der Waals surface area contributed by atoms with Crippen LogP contribution in [0.2, 0.25) is 0 Å². The molecule has 0 saturated heterocycles. The van der Waals surface area contributed by atoms with Crippen LogP contribution < -0.4 is 26.5 Å². The number of nitrogens with zero attached hydrogens (tertiary/aromatic N) is 2. The Bertz CT molecular complexity index is 1200. The Morgan fingerprint density at radius 2 is 1.69 bits per heavy atom. The lowest BCUT2D eigenvalue weighted by Gasteiger charge is -2.11. The van der Waals surface area contributed by atoms with Crippen LogP contribution in [0.25, 0.3) is 5.69 Å². The summed E-state index contributed by atoms with van der Waals surface area (Å²) in [4.78, 5) is 36.2. The first-order chi connectivity index (χ1) is 15.3. The number of anilines is 1. The van der Waals surface area contributed by atoms with E-state index in [1.807, 2.05) is 30.3 Å². The maximum atomic E-state index is 12.9. The number of aromatic nitrogens is 2. The third kappa shape index (κ3) is 5.22. The molecule has 0 spiro atoms. The molecule has 1 heterocycles. The molecule has 0 aliphatic rings. The summed E-state index contributed by atoms with van der Waals surface area (Å²) >= 11 is 5.19. The predicted molar refractivity (Wildman–Crippen MR) is 125 cm³/mol. The molecule has 0 fully saturated rings. The minimum Gasteiger partial charge on any atom is -0.484 e. The summed E-state index contributed by atoms with van der Waals surface area (Å²) in [5.74, 6) is -0.0767. The number of carbonyl (C=O) groups excluding carboxylic acids is 2. The third-order valence-corrected chi connectivity index (χ3v) is 4.94. The van der Waals surface area contributed by atoms with E-state index in [1.54, 1.807) is 42.9 Å². The number of amides is 1. The average Bonchev–Trinajstić information content (AvgIpc) is 3.00. The molecule has 32 heavy (non-hydrogen) atoms. The van der Waals surface area contributed by atoms with Gasteiger partial charge in [-0.3, -0.25) is 29.9 Å². The van der Waals surface area contributed by atoms with Crippen LogP contribution in [0.5, 0.6) is 5.75 Å². The molecule has 0 radical (unpaired) electrons. The zero-order chi connectivity index (χ0) is 23.3. The normalized spacial score (nSPS) is 10.3. The van der Waals surface area contributed by atoms with Crippen LogP contribution in [0, 0.1) is 6.92 Å². The van der Waals surface area contributed by atoms with Crippen LogP contribution in [0.15, 0.2) is 59.4 Å². The van der Waals surface area contributed by atoms with Gasteiger partial charge in [-0.05, 0) is 62.5 Å². The van der Waals surface area contributed by atoms with Crippen LogP contribution >= 0.6 is 12.2 Å². The van der Waals surface area contributed by atoms with Gasteiger partial charge in [0.2, 0.25) is 0 Å². The van der Waals surface area contributed by atoms with E-state index >= 15 is 0 Å². The Hall–Kier alpha value is -3.92. The molecule has 9 nitrogen and oxygen atoms in total. The summed E-state index contributed by atoms with van der Waals surface area (Å²) in [7, 11) is 1.77. The average molecular weight is 454 g/mol. The molecule has 0 unspecified atom stereocenters. The summed E-state index contributed by atoms with van der Waals surface area (Å²) in [6.07, 6.45) is 0. The maximum absolute atomic E-state index is 12.9. The highest BCUT2D eigenvalue weighted by molar-refractivity contribution is 7.80. The predicted octanol–water partition coefficient (Wildman–Crippen LogP) is 2.08. The Morgan fingerprint density at radius 1 is 1.03 bits per heavy atom. The number of hydrogen-bond donors (Lipinski definition) is 3. The molecule has 3 aromatic rings. The molecule has 0 saturated carbocycles. The number of nitrogens with one attached hydrogen (secondary N) is 3. The topological polar surface area (TPSA) is 106 Å². The lowest BCUT2D eigenvalue weighted by molar-refractivity contribution is -0.123. The first kappa shape index (κ1) is 22.8. The molecule has 1 aromatic heterocycles. The van der Waals surface area contributed by atoms with Gasteiger partial charge in [-0.2, -0.15) is 0 Å². The molecule has 0 atom stereocenters.